The normalized spacial score (nSPS) is 23.0. The highest BCUT2D eigenvalue weighted by molar-refractivity contribution is 5.95. The maximum absolute atomic E-state index is 14.0. The van der Waals surface area contributed by atoms with Crippen LogP contribution in [0.25, 0.3) is 0 Å². The average molecular weight is 381 g/mol. The van der Waals surface area contributed by atoms with E-state index in [0.717, 1.165) is 11.1 Å². The molecule has 0 aromatic heterocycles. The van der Waals surface area contributed by atoms with E-state index in [1.54, 1.807) is 13.1 Å². The van der Waals surface area contributed by atoms with Crippen LogP contribution in [0.4, 0.5) is 4.39 Å². The minimum Gasteiger partial charge on any atom is -0.507 e. The van der Waals surface area contributed by atoms with Crippen LogP contribution in [-0.4, -0.2) is 58.0 Å². The minimum absolute atomic E-state index is 0.0499. The highest BCUT2D eigenvalue weighted by Crippen LogP contribution is 2.37. The Morgan fingerprint density at radius 2 is 1.86 bits per heavy atom. The number of halogens is 1. The van der Waals surface area contributed by atoms with Crippen LogP contribution in [0.2, 0.25) is 0 Å². The number of hydrazone groups is 1. The molecule has 2 heterocycles. The Balaban J connectivity index is 1.86. The van der Waals surface area contributed by atoms with Crippen molar-refractivity contribution in [2.75, 3.05) is 13.6 Å². The Labute approximate surface area is 161 Å². The SMILES string of the molecule is CN1CC(C(c2ccccc2)c2cccc(F)c2)N2N=CC(O)C(O)=C2C1=O. The van der Waals surface area contributed by atoms with E-state index in [1.165, 1.54) is 28.3 Å². The predicted octanol–water partition coefficient (Wildman–Crippen LogP) is 2.23. The molecule has 1 fully saturated rings. The summed E-state index contributed by atoms with van der Waals surface area (Å²) in [7, 11) is 1.63. The Bertz CT molecular complexity index is 960. The number of likely N-dealkylation sites (N-methyl/N-ethyl adjacent to an activating group) is 1. The number of nitrogens with zero attached hydrogens (tertiary/aromatic N) is 3. The second kappa shape index (κ2) is 7.09. The summed E-state index contributed by atoms with van der Waals surface area (Å²) in [5.74, 6) is -1.52. The predicted molar refractivity (Wildman–Crippen MR) is 102 cm³/mol. The van der Waals surface area contributed by atoms with Crippen LogP contribution in [0.5, 0.6) is 0 Å². The van der Waals surface area contributed by atoms with Gasteiger partial charge in [-0.3, -0.25) is 9.80 Å². The fraction of sp³-hybridized carbons (Fsp3) is 0.238. The van der Waals surface area contributed by atoms with Gasteiger partial charge in [0.25, 0.3) is 5.91 Å². The lowest BCUT2D eigenvalue weighted by Crippen LogP contribution is -2.55. The minimum atomic E-state index is -1.33. The van der Waals surface area contributed by atoms with Gasteiger partial charge in [0, 0.05) is 19.5 Å². The van der Waals surface area contributed by atoms with Crippen molar-refractivity contribution in [2.45, 2.75) is 18.1 Å². The van der Waals surface area contributed by atoms with Gasteiger partial charge in [-0.05, 0) is 23.3 Å². The van der Waals surface area contributed by atoms with Gasteiger partial charge < -0.3 is 15.1 Å². The standard InChI is InChI=1S/C21H20FN3O3/c1-24-12-16(25-19(21(24)28)20(27)17(26)11-23-25)18(13-6-3-2-4-7-13)14-8-5-9-15(22)10-14/h2-11,16-18,26-27H,12H2,1H3. The summed E-state index contributed by atoms with van der Waals surface area (Å²) in [6.07, 6.45) is -0.135. The molecular weight excluding hydrogens is 361 g/mol. The molecule has 0 saturated carbocycles. The quantitative estimate of drug-likeness (QED) is 0.855. The highest BCUT2D eigenvalue weighted by Gasteiger charge is 2.44. The van der Waals surface area contributed by atoms with Gasteiger partial charge in [0.05, 0.1) is 12.3 Å². The van der Waals surface area contributed by atoms with Crippen molar-refractivity contribution in [3.05, 3.63) is 83.0 Å². The van der Waals surface area contributed by atoms with Crippen LogP contribution in [0, 0.1) is 5.82 Å². The number of rotatable bonds is 3. The molecule has 2 aliphatic rings. The molecule has 4 rings (SSSR count). The number of fused-ring (bicyclic) bond motifs is 1. The molecule has 144 valence electrons. The number of hydrogen-bond acceptors (Lipinski definition) is 5. The molecule has 3 unspecified atom stereocenters. The first kappa shape index (κ1) is 18.2. The first-order chi connectivity index (χ1) is 13.5. The van der Waals surface area contributed by atoms with Crippen molar-refractivity contribution >= 4 is 12.1 Å². The summed E-state index contributed by atoms with van der Waals surface area (Å²) >= 11 is 0. The third-order valence-corrected chi connectivity index (χ3v) is 5.16. The van der Waals surface area contributed by atoms with Crippen LogP contribution in [0.15, 0.2) is 71.2 Å². The number of carbonyl (C=O) groups is 1. The molecule has 28 heavy (non-hydrogen) atoms. The highest BCUT2D eigenvalue weighted by atomic mass is 19.1. The van der Waals surface area contributed by atoms with Crippen molar-refractivity contribution in [3.63, 3.8) is 0 Å². The van der Waals surface area contributed by atoms with E-state index < -0.39 is 23.8 Å². The number of hydrogen-bond donors (Lipinski definition) is 2. The van der Waals surface area contributed by atoms with Crippen molar-refractivity contribution in [1.29, 1.82) is 0 Å². The number of carbonyl (C=O) groups excluding carboxylic acids is 1. The summed E-state index contributed by atoms with van der Waals surface area (Å²) in [6, 6.07) is 15.5. The van der Waals surface area contributed by atoms with Gasteiger partial charge in [-0.2, -0.15) is 5.10 Å². The number of aliphatic hydroxyl groups excluding tert-OH is 2. The maximum atomic E-state index is 14.0. The van der Waals surface area contributed by atoms with E-state index in [0.29, 0.717) is 6.54 Å². The van der Waals surface area contributed by atoms with Gasteiger partial charge in [-0.25, -0.2) is 4.39 Å². The largest absolute Gasteiger partial charge is 0.507 e. The lowest BCUT2D eigenvalue weighted by molar-refractivity contribution is -0.132. The Morgan fingerprint density at radius 3 is 2.57 bits per heavy atom. The van der Waals surface area contributed by atoms with E-state index in [9.17, 15) is 19.4 Å². The van der Waals surface area contributed by atoms with Crippen LogP contribution in [0.3, 0.4) is 0 Å². The molecule has 6 nitrogen and oxygen atoms in total. The van der Waals surface area contributed by atoms with Crippen molar-refractivity contribution in [3.8, 4) is 0 Å². The van der Waals surface area contributed by atoms with Crippen LogP contribution in [-0.2, 0) is 4.79 Å². The number of benzene rings is 2. The summed E-state index contributed by atoms with van der Waals surface area (Å²) in [4.78, 5) is 14.1. The number of aliphatic hydroxyl groups is 2. The molecule has 1 saturated heterocycles. The monoisotopic (exact) mass is 381 g/mol. The van der Waals surface area contributed by atoms with Crippen LogP contribution in [0.1, 0.15) is 17.0 Å². The smallest absolute Gasteiger partial charge is 0.275 e. The molecule has 3 atom stereocenters. The van der Waals surface area contributed by atoms with E-state index in [-0.39, 0.29) is 17.4 Å². The molecule has 2 N–H and O–H groups in total. The van der Waals surface area contributed by atoms with Gasteiger partial charge in [0.1, 0.15) is 11.9 Å². The summed E-state index contributed by atoms with van der Waals surface area (Å²) in [5.41, 5.74) is 1.62. The molecule has 0 radical (unpaired) electrons. The summed E-state index contributed by atoms with van der Waals surface area (Å²) in [5, 5.41) is 25.9. The molecule has 7 heteroatoms. The van der Waals surface area contributed by atoms with Gasteiger partial charge in [0.15, 0.2) is 11.5 Å². The average Bonchev–Trinajstić information content (AvgIpc) is 2.69. The van der Waals surface area contributed by atoms with Crippen LogP contribution < -0.4 is 0 Å². The zero-order chi connectivity index (χ0) is 19.8. The van der Waals surface area contributed by atoms with E-state index in [4.69, 9.17) is 0 Å². The fourth-order valence-electron chi connectivity index (χ4n) is 3.85. The van der Waals surface area contributed by atoms with Gasteiger partial charge in [-0.15, -0.1) is 0 Å². The lowest BCUT2D eigenvalue weighted by Gasteiger charge is -2.44. The molecule has 0 spiro atoms. The summed E-state index contributed by atoms with van der Waals surface area (Å²) < 4.78 is 14.0. The Kier molecular flexibility index (Phi) is 4.60. The van der Waals surface area contributed by atoms with Crippen molar-refractivity contribution in [2.24, 2.45) is 5.10 Å². The Morgan fingerprint density at radius 1 is 1.14 bits per heavy atom. The summed E-state index contributed by atoms with van der Waals surface area (Å²) in [6.45, 7) is 0.319. The van der Waals surface area contributed by atoms with Crippen molar-refractivity contribution in [1.82, 2.24) is 9.91 Å². The second-order valence-electron chi connectivity index (χ2n) is 6.98. The molecule has 0 aliphatic carbocycles. The molecule has 2 aromatic rings. The van der Waals surface area contributed by atoms with E-state index >= 15 is 0 Å². The maximum Gasteiger partial charge on any atom is 0.275 e. The topological polar surface area (TPSA) is 76.4 Å². The van der Waals surface area contributed by atoms with E-state index in [1.807, 2.05) is 36.4 Å². The third kappa shape index (κ3) is 3.03. The van der Waals surface area contributed by atoms with Gasteiger partial charge in [-0.1, -0.05) is 42.5 Å². The number of amides is 1. The molecule has 2 aliphatic heterocycles. The molecule has 0 bridgehead atoms. The Hall–Kier alpha value is -3.19. The first-order valence-corrected chi connectivity index (χ1v) is 8.97. The van der Waals surface area contributed by atoms with Gasteiger partial charge in [0.2, 0.25) is 0 Å². The molecular formula is C21H20FN3O3. The fourth-order valence-corrected chi connectivity index (χ4v) is 3.85. The second-order valence-corrected chi connectivity index (χ2v) is 6.98. The van der Waals surface area contributed by atoms with Gasteiger partial charge >= 0.3 is 0 Å². The zero-order valence-corrected chi connectivity index (χ0v) is 15.2. The third-order valence-electron chi connectivity index (χ3n) is 5.16. The number of piperazine rings is 1. The van der Waals surface area contributed by atoms with Crippen molar-refractivity contribution < 1.29 is 19.4 Å². The van der Waals surface area contributed by atoms with E-state index in [2.05, 4.69) is 5.10 Å². The van der Waals surface area contributed by atoms with Crippen LogP contribution >= 0.6 is 0 Å². The lowest BCUT2D eigenvalue weighted by atomic mass is 9.83. The first-order valence-electron chi connectivity index (χ1n) is 8.97. The zero-order valence-electron chi connectivity index (χ0n) is 15.2. The molecule has 1 amide bonds. The molecule has 2 aromatic carbocycles.